The molecule has 2 fully saturated rings. The van der Waals surface area contributed by atoms with E-state index in [4.69, 9.17) is 4.74 Å². The quantitative estimate of drug-likeness (QED) is 0.682. The van der Waals surface area contributed by atoms with Crippen LogP contribution >= 0.6 is 0 Å². The van der Waals surface area contributed by atoms with Crippen molar-refractivity contribution in [1.29, 1.82) is 0 Å². The van der Waals surface area contributed by atoms with Crippen LogP contribution in [0.2, 0.25) is 0 Å². The molecule has 160 valence electrons. The first-order valence-corrected chi connectivity index (χ1v) is 11.0. The van der Waals surface area contributed by atoms with Crippen LogP contribution in [0.4, 0.5) is 10.1 Å². The van der Waals surface area contributed by atoms with E-state index in [9.17, 15) is 9.18 Å². The number of ether oxygens (including phenoxy) is 1. The number of anilines is 1. The SMILES string of the molecule is CC(=O)NC(C)c1ccc(C2CCN(c3ccc(OCC4CC4)cc3F)CC2)cc1. The lowest BCUT2D eigenvalue weighted by molar-refractivity contribution is -0.119. The Kier molecular flexibility index (Phi) is 6.26. The molecule has 1 aliphatic carbocycles. The van der Waals surface area contributed by atoms with Gasteiger partial charge in [-0.3, -0.25) is 4.79 Å². The van der Waals surface area contributed by atoms with E-state index >= 15 is 0 Å². The highest BCUT2D eigenvalue weighted by Crippen LogP contribution is 2.34. The molecule has 1 atom stereocenters. The summed E-state index contributed by atoms with van der Waals surface area (Å²) in [6.07, 6.45) is 4.46. The highest BCUT2D eigenvalue weighted by molar-refractivity contribution is 5.73. The minimum absolute atomic E-state index is 0.0117. The third kappa shape index (κ3) is 5.13. The van der Waals surface area contributed by atoms with E-state index in [-0.39, 0.29) is 17.8 Å². The van der Waals surface area contributed by atoms with Gasteiger partial charge >= 0.3 is 0 Å². The van der Waals surface area contributed by atoms with Crippen LogP contribution in [0.25, 0.3) is 0 Å². The van der Waals surface area contributed by atoms with Gasteiger partial charge in [0, 0.05) is 26.1 Å². The molecule has 1 unspecified atom stereocenters. The molecule has 4 rings (SSSR count). The fraction of sp³-hybridized carbons (Fsp3) is 0.480. The maximum absolute atomic E-state index is 14.7. The van der Waals surface area contributed by atoms with Crippen LogP contribution in [-0.4, -0.2) is 25.6 Å². The predicted molar refractivity (Wildman–Crippen MR) is 117 cm³/mol. The fourth-order valence-corrected chi connectivity index (χ4v) is 4.23. The second-order valence-corrected chi connectivity index (χ2v) is 8.72. The van der Waals surface area contributed by atoms with Crippen molar-refractivity contribution >= 4 is 11.6 Å². The normalized spacial score (nSPS) is 18.2. The van der Waals surface area contributed by atoms with Crippen LogP contribution in [0, 0.1) is 11.7 Å². The molecule has 4 nitrogen and oxygen atoms in total. The summed E-state index contributed by atoms with van der Waals surface area (Å²) < 4.78 is 20.3. The van der Waals surface area contributed by atoms with Crippen molar-refractivity contribution in [3.63, 3.8) is 0 Å². The summed E-state index contributed by atoms with van der Waals surface area (Å²) in [7, 11) is 0. The van der Waals surface area contributed by atoms with Gasteiger partial charge in [-0.05, 0) is 67.7 Å². The van der Waals surface area contributed by atoms with E-state index in [1.165, 1.54) is 31.4 Å². The molecule has 1 N–H and O–H groups in total. The van der Waals surface area contributed by atoms with Crippen LogP contribution in [0.3, 0.4) is 0 Å². The average molecular weight is 411 g/mol. The molecule has 2 aromatic carbocycles. The maximum atomic E-state index is 14.7. The van der Waals surface area contributed by atoms with E-state index in [2.05, 4.69) is 34.5 Å². The number of carbonyl (C=O) groups excluding carboxylic acids is 1. The first-order chi connectivity index (χ1) is 14.5. The molecule has 0 aromatic heterocycles. The van der Waals surface area contributed by atoms with Crippen LogP contribution < -0.4 is 15.0 Å². The topological polar surface area (TPSA) is 41.6 Å². The van der Waals surface area contributed by atoms with Crippen LogP contribution in [-0.2, 0) is 4.79 Å². The van der Waals surface area contributed by atoms with Gasteiger partial charge in [0.2, 0.25) is 5.91 Å². The van der Waals surface area contributed by atoms with E-state index < -0.39 is 0 Å². The fourth-order valence-electron chi connectivity index (χ4n) is 4.23. The van der Waals surface area contributed by atoms with Crippen molar-refractivity contribution in [2.24, 2.45) is 5.92 Å². The Balaban J connectivity index is 1.32. The smallest absolute Gasteiger partial charge is 0.217 e. The summed E-state index contributed by atoms with van der Waals surface area (Å²) in [5, 5.41) is 2.92. The van der Waals surface area contributed by atoms with Crippen molar-refractivity contribution < 1.29 is 13.9 Å². The minimum Gasteiger partial charge on any atom is -0.493 e. The average Bonchev–Trinajstić information content (AvgIpc) is 3.57. The number of rotatable bonds is 7. The molecular weight excluding hydrogens is 379 g/mol. The summed E-state index contributed by atoms with van der Waals surface area (Å²) in [6.45, 7) is 5.91. The lowest BCUT2D eigenvalue weighted by atomic mass is 9.88. The zero-order chi connectivity index (χ0) is 21.1. The van der Waals surface area contributed by atoms with Crippen LogP contribution in [0.5, 0.6) is 5.75 Å². The van der Waals surface area contributed by atoms with Gasteiger partial charge in [-0.25, -0.2) is 4.39 Å². The van der Waals surface area contributed by atoms with Crippen LogP contribution in [0.15, 0.2) is 42.5 Å². The number of piperidine rings is 1. The Morgan fingerprint density at radius 1 is 1.13 bits per heavy atom. The number of halogens is 1. The number of nitrogens with zero attached hydrogens (tertiary/aromatic N) is 1. The van der Waals surface area contributed by atoms with E-state index in [1.54, 1.807) is 0 Å². The molecular formula is C25H31FN2O2. The number of benzene rings is 2. The summed E-state index contributed by atoms with van der Waals surface area (Å²) in [5.41, 5.74) is 3.10. The standard InChI is InChI=1S/C25H31FN2O2/c1-17(27-18(2)29)20-5-7-21(8-6-20)22-11-13-28(14-12-22)25-10-9-23(15-24(25)26)30-16-19-3-4-19/h5-10,15,17,19,22H,3-4,11-14,16H2,1-2H3,(H,27,29). The minimum atomic E-state index is -0.196. The maximum Gasteiger partial charge on any atom is 0.217 e. The highest BCUT2D eigenvalue weighted by atomic mass is 19.1. The largest absolute Gasteiger partial charge is 0.493 e. The Morgan fingerprint density at radius 3 is 2.43 bits per heavy atom. The van der Waals surface area contributed by atoms with Gasteiger partial charge in [0.15, 0.2) is 0 Å². The summed E-state index contributed by atoms with van der Waals surface area (Å²) in [4.78, 5) is 13.4. The first-order valence-electron chi connectivity index (χ1n) is 11.0. The molecule has 2 aromatic rings. The molecule has 30 heavy (non-hydrogen) atoms. The second-order valence-electron chi connectivity index (χ2n) is 8.72. The molecule has 1 saturated carbocycles. The van der Waals surface area contributed by atoms with Gasteiger partial charge in [-0.15, -0.1) is 0 Å². The molecule has 0 bridgehead atoms. The van der Waals surface area contributed by atoms with Crippen molar-refractivity contribution in [3.8, 4) is 5.75 Å². The van der Waals surface area contributed by atoms with E-state index in [1.807, 2.05) is 19.1 Å². The van der Waals surface area contributed by atoms with Crippen molar-refractivity contribution in [3.05, 3.63) is 59.4 Å². The molecule has 1 aliphatic heterocycles. The number of carbonyl (C=O) groups is 1. The number of amides is 1. The zero-order valence-electron chi connectivity index (χ0n) is 17.9. The van der Waals surface area contributed by atoms with Gasteiger partial charge in [0.05, 0.1) is 18.3 Å². The monoisotopic (exact) mass is 410 g/mol. The highest BCUT2D eigenvalue weighted by Gasteiger charge is 2.24. The predicted octanol–water partition coefficient (Wildman–Crippen LogP) is 5.20. The van der Waals surface area contributed by atoms with Gasteiger partial charge in [0.25, 0.3) is 0 Å². The third-order valence-electron chi connectivity index (χ3n) is 6.27. The second kappa shape index (κ2) is 9.07. The zero-order valence-corrected chi connectivity index (χ0v) is 17.9. The molecule has 1 amide bonds. The van der Waals surface area contributed by atoms with Gasteiger partial charge in [0.1, 0.15) is 11.6 Å². The Bertz CT molecular complexity index is 871. The number of nitrogens with one attached hydrogen (secondary N) is 1. The lowest BCUT2D eigenvalue weighted by Gasteiger charge is -2.34. The molecule has 0 spiro atoms. The van der Waals surface area contributed by atoms with Crippen molar-refractivity contribution in [1.82, 2.24) is 5.32 Å². The van der Waals surface area contributed by atoms with E-state index in [0.717, 1.165) is 31.5 Å². The Hall–Kier alpha value is -2.56. The third-order valence-corrected chi connectivity index (χ3v) is 6.27. The van der Waals surface area contributed by atoms with E-state index in [0.29, 0.717) is 29.9 Å². The Morgan fingerprint density at radius 2 is 1.83 bits per heavy atom. The number of hydrogen-bond donors (Lipinski definition) is 1. The molecule has 0 radical (unpaired) electrons. The Labute approximate surface area is 178 Å². The molecule has 1 heterocycles. The summed E-state index contributed by atoms with van der Waals surface area (Å²) in [6, 6.07) is 13.8. The van der Waals surface area contributed by atoms with Gasteiger partial charge in [-0.2, -0.15) is 0 Å². The molecule has 5 heteroatoms. The van der Waals surface area contributed by atoms with Crippen LogP contribution in [0.1, 0.15) is 62.6 Å². The van der Waals surface area contributed by atoms with Gasteiger partial charge in [-0.1, -0.05) is 24.3 Å². The van der Waals surface area contributed by atoms with Crippen molar-refractivity contribution in [2.75, 3.05) is 24.6 Å². The number of hydrogen-bond acceptors (Lipinski definition) is 3. The molecule has 2 aliphatic rings. The van der Waals surface area contributed by atoms with Crippen molar-refractivity contribution in [2.45, 2.75) is 51.5 Å². The summed E-state index contributed by atoms with van der Waals surface area (Å²) >= 11 is 0. The molecule has 1 saturated heterocycles. The van der Waals surface area contributed by atoms with Gasteiger partial charge < -0.3 is 15.0 Å². The lowest BCUT2D eigenvalue weighted by Crippen LogP contribution is -2.33. The summed E-state index contributed by atoms with van der Waals surface area (Å²) in [5.74, 6) is 1.56. The first kappa shape index (κ1) is 20.7.